The van der Waals surface area contributed by atoms with Crippen LogP contribution in [-0.2, 0) is 10.0 Å². The average Bonchev–Trinajstić information content (AvgIpc) is 2.65. The topological polar surface area (TPSA) is 92.3 Å². The van der Waals surface area contributed by atoms with Gasteiger partial charge < -0.3 is 5.32 Å². The van der Waals surface area contributed by atoms with Crippen LogP contribution in [0.25, 0.3) is 0 Å². The van der Waals surface area contributed by atoms with E-state index in [4.69, 9.17) is 0 Å². The molecule has 1 aromatic heterocycles. The van der Waals surface area contributed by atoms with Gasteiger partial charge in [0.2, 0.25) is 0 Å². The van der Waals surface area contributed by atoms with Gasteiger partial charge in [0.25, 0.3) is 15.9 Å². The van der Waals surface area contributed by atoms with E-state index >= 15 is 0 Å². The zero-order chi connectivity index (χ0) is 19.3. The lowest BCUT2D eigenvalue weighted by atomic mass is 10.2. The van der Waals surface area contributed by atoms with Crippen molar-refractivity contribution in [3.63, 3.8) is 0 Å². The molecule has 2 aromatic rings. The molecule has 1 N–H and O–H groups in total. The molecule has 26 heavy (non-hydrogen) atoms. The summed E-state index contributed by atoms with van der Waals surface area (Å²) < 4.78 is 26.9. The molecule has 0 spiro atoms. The van der Waals surface area contributed by atoms with Crippen molar-refractivity contribution in [2.75, 3.05) is 24.2 Å². The molecule has 0 radical (unpaired) electrons. The Morgan fingerprint density at radius 3 is 2.50 bits per heavy atom. The van der Waals surface area contributed by atoms with E-state index in [1.54, 1.807) is 18.4 Å². The Bertz CT molecular complexity index is 883. The number of amides is 1. The number of thioether (sulfide) groups is 1. The minimum atomic E-state index is -3.86. The van der Waals surface area contributed by atoms with E-state index in [2.05, 4.69) is 15.3 Å². The summed E-state index contributed by atoms with van der Waals surface area (Å²) in [5, 5.41) is 3.12. The second-order valence-corrected chi connectivity index (χ2v) is 8.38. The number of rotatable bonds is 7. The lowest BCUT2D eigenvalue weighted by molar-refractivity contribution is 0.0953. The second-order valence-electron chi connectivity index (χ2n) is 5.64. The van der Waals surface area contributed by atoms with Crippen LogP contribution in [0.3, 0.4) is 0 Å². The summed E-state index contributed by atoms with van der Waals surface area (Å²) in [6.07, 6.45) is 3.91. The van der Waals surface area contributed by atoms with E-state index in [0.29, 0.717) is 11.7 Å². The zero-order valence-corrected chi connectivity index (χ0v) is 16.8. The van der Waals surface area contributed by atoms with Crippen LogP contribution in [0.2, 0.25) is 0 Å². The van der Waals surface area contributed by atoms with Gasteiger partial charge in [-0.05, 0) is 31.7 Å². The first-order valence-corrected chi connectivity index (χ1v) is 10.7. The minimum Gasteiger partial charge on any atom is -0.352 e. The SMILES string of the molecule is CCCNC(=O)c1cnc(SC)nc1N(C)S(=O)(=O)c1ccc(C)cc1. The highest BCUT2D eigenvalue weighted by Gasteiger charge is 2.27. The summed E-state index contributed by atoms with van der Waals surface area (Å²) in [4.78, 5) is 20.9. The van der Waals surface area contributed by atoms with Crippen LogP contribution in [-0.4, -0.2) is 44.1 Å². The molecular weight excluding hydrogens is 372 g/mol. The number of nitrogens with one attached hydrogen (secondary N) is 1. The predicted molar refractivity (Wildman–Crippen MR) is 103 cm³/mol. The molecule has 0 bridgehead atoms. The summed E-state index contributed by atoms with van der Waals surface area (Å²) in [6, 6.07) is 6.52. The van der Waals surface area contributed by atoms with Crippen molar-refractivity contribution in [3.05, 3.63) is 41.6 Å². The molecule has 9 heteroatoms. The summed E-state index contributed by atoms with van der Waals surface area (Å²) in [5.41, 5.74) is 1.08. The van der Waals surface area contributed by atoms with Gasteiger partial charge >= 0.3 is 0 Å². The standard InChI is InChI=1S/C17H22N4O3S2/c1-5-10-18-16(22)14-11-19-17(25-4)20-15(14)21(3)26(23,24)13-8-6-12(2)7-9-13/h6-9,11H,5,10H2,1-4H3,(H,18,22). The van der Waals surface area contributed by atoms with Crippen molar-refractivity contribution < 1.29 is 13.2 Å². The third-order valence-corrected chi connectivity index (χ3v) is 6.01. The number of hydrogen-bond acceptors (Lipinski definition) is 6. The number of aromatic nitrogens is 2. The third kappa shape index (κ3) is 4.34. The molecule has 0 atom stereocenters. The second kappa shape index (κ2) is 8.50. The van der Waals surface area contributed by atoms with Crippen LogP contribution in [0.1, 0.15) is 29.3 Å². The fraction of sp³-hybridized carbons (Fsp3) is 0.353. The first-order chi connectivity index (χ1) is 12.3. The highest BCUT2D eigenvalue weighted by atomic mass is 32.2. The molecule has 0 aliphatic heterocycles. The molecule has 1 amide bonds. The number of carbonyl (C=O) groups excluding carboxylic acids is 1. The largest absolute Gasteiger partial charge is 0.352 e. The van der Waals surface area contributed by atoms with E-state index in [0.717, 1.165) is 16.3 Å². The number of aryl methyl sites for hydroxylation is 1. The van der Waals surface area contributed by atoms with Gasteiger partial charge in [0.1, 0.15) is 5.56 Å². The summed E-state index contributed by atoms with van der Waals surface area (Å²) >= 11 is 1.27. The van der Waals surface area contributed by atoms with Gasteiger partial charge in [0.15, 0.2) is 11.0 Å². The number of carbonyl (C=O) groups is 1. The van der Waals surface area contributed by atoms with Gasteiger partial charge in [0, 0.05) is 19.8 Å². The van der Waals surface area contributed by atoms with Gasteiger partial charge in [-0.3, -0.25) is 9.10 Å². The van der Waals surface area contributed by atoms with Crippen molar-refractivity contribution in [2.24, 2.45) is 0 Å². The fourth-order valence-electron chi connectivity index (χ4n) is 2.17. The molecule has 1 heterocycles. The highest BCUT2D eigenvalue weighted by molar-refractivity contribution is 7.98. The van der Waals surface area contributed by atoms with Crippen LogP contribution >= 0.6 is 11.8 Å². The number of sulfonamides is 1. The van der Waals surface area contributed by atoms with Gasteiger partial charge in [-0.25, -0.2) is 18.4 Å². The quantitative estimate of drug-likeness (QED) is 0.573. The van der Waals surface area contributed by atoms with Crippen molar-refractivity contribution >= 4 is 33.5 Å². The normalized spacial score (nSPS) is 11.2. The summed E-state index contributed by atoms with van der Waals surface area (Å²) in [6.45, 7) is 4.30. The van der Waals surface area contributed by atoms with Crippen LogP contribution in [0.5, 0.6) is 0 Å². The van der Waals surface area contributed by atoms with E-state index in [9.17, 15) is 13.2 Å². The number of nitrogens with zero attached hydrogens (tertiary/aromatic N) is 3. The molecule has 140 valence electrons. The zero-order valence-electron chi connectivity index (χ0n) is 15.2. The predicted octanol–water partition coefficient (Wildman–Crippen LogP) is 2.47. The number of benzene rings is 1. The summed E-state index contributed by atoms with van der Waals surface area (Å²) in [5.74, 6) is -0.348. The van der Waals surface area contributed by atoms with Crippen molar-refractivity contribution in [1.29, 1.82) is 0 Å². The van der Waals surface area contributed by atoms with E-state index in [1.165, 1.54) is 37.1 Å². The van der Waals surface area contributed by atoms with Gasteiger partial charge in [-0.1, -0.05) is 36.4 Å². The van der Waals surface area contributed by atoms with Crippen molar-refractivity contribution in [2.45, 2.75) is 30.3 Å². The molecule has 0 aliphatic rings. The molecule has 0 saturated heterocycles. The number of anilines is 1. The Morgan fingerprint density at radius 1 is 1.27 bits per heavy atom. The Labute approximate surface area is 158 Å². The van der Waals surface area contributed by atoms with E-state index in [1.807, 2.05) is 13.8 Å². The monoisotopic (exact) mass is 394 g/mol. The van der Waals surface area contributed by atoms with Gasteiger partial charge in [0.05, 0.1) is 4.90 Å². The lowest BCUT2D eigenvalue weighted by Crippen LogP contribution is -2.32. The maximum Gasteiger partial charge on any atom is 0.265 e. The lowest BCUT2D eigenvalue weighted by Gasteiger charge is -2.21. The molecular formula is C17H22N4O3S2. The van der Waals surface area contributed by atoms with Gasteiger partial charge in [-0.2, -0.15) is 0 Å². The smallest absolute Gasteiger partial charge is 0.265 e. The maximum absolute atomic E-state index is 13.0. The molecule has 0 saturated carbocycles. The van der Waals surface area contributed by atoms with Crippen LogP contribution in [0.4, 0.5) is 5.82 Å². The molecule has 0 fully saturated rings. The van der Waals surface area contributed by atoms with Gasteiger partial charge in [-0.15, -0.1) is 0 Å². The third-order valence-electron chi connectivity index (χ3n) is 3.69. The first kappa shape index (κ1) is 20.2. The van der Waals surface area contributed by atoms with Crippen LogP contribution in [0, 0.1) is 6.92 Å². The van der Waals surface area contributed by atoms with Crippen LogP contribution in [0.15, 0.2) is 40.5 Å². The Hall–Kier alpha value is -2.13. The van der Waals surface area contributed by atoms with Crippen LogP contribution < -0.4 is 9.62 Å². The molecule has 0 aliphatic carbocycles. The molecule has 7 nitrogen and oxygen atoms in total. The molecule has 1 aromatic carbocycles. The Kier molecular flexibility index (Phi) is 6.60. The molecule has 2 rings (SSSR count). The van der Waals surface area contributed by atoms with E-state index in [-0.39, 0.29) is 16.3 Å². The maximum atomic E-state index is 13.0. The highest BCUT2D eigenvalue weighted by Crippen LogP contribution is 2.25. The minimum absolute atomic E-state index is 0.0542. The number of hydrogen-bond donors (Lipinski definition) is 1. The molecule has 0 unspecified atom stereocenters. The Morgan fingerprint density at radius 2 is 1.92 bits per heavy atom. The average molecular weight is 395 g/mol. The first-order valence-electron chi connectivity index (χ1n) is 8.06. The Balaban J connectivity index is 2.50. The van der Waals surface area contributed by atoms with Crippen molar-refractivity contribution in [3.8, 4) is 0 Å². The van der Waals surface area contributed by atoms with Crippen molar-refractivity contribution in [1.82, 2.24) is 15.3 Å². The summed E-state index contributed by atoms with van der Waals surface area (Å²) in [7, 11) is -2.47. The fourth-order valence-corrected chi connectivity index (χ4v) is 3.67. The van der Waals surface area contributed by atoms with E-state index < -0.39 is 15.9 Å².